The highest BCUT2D eigenvalue weighted by atomic mass is 16.5. The molecular weight excluding hydrogens is 424 g/mol. The molecule has 33 heavy (non-hydrogen) atoms. The predicted molar refractivity (Wildman–Crippen MR) is 123 cm³/mol. The molecule has 0 aliphatic heterocycles. The number of amides is 2. The molecule has 8 heteroatoms. The molecule has 0 radical (unpaired) electrons. The Balaban J connectivity index is 1.53. The Bertz CT molecular complexity index is 1080. The predicted octanol–water partition coefficient (Wildman–Crippen LogP) is 3.48. The Labute approximate surface area is 192 Å². The molecule has 2 amide bonds. The van der Waals surface area contributed by atoms with Crippen LogP contribution in [0.4, 0.5) is 0 Å². The lowest BCUT2D eigenvalue weighted by atomic mass is 10.1. The van der Waals surface area contributed by atoms with E-state index < -0.39 is 0 Å². The molecule has 174 valence electrons. The van der Waals surface area contributed by atoms with Crippen LogP contribution in [-0.2, 0) is 24.3 Å². The van der Waals surface area contributed by atoms with Crippen LogP contribution >= 0.6 is 0 Å². The molecule has 3 aromatic rings. The van der Waals surface area contributed by atoms with E-state index in [1.54, 1.807) is 64.0 Å². The van der Waals surface area contributed by atoms with E-state index in [2.05, 4.69) is 10.6 Å². The van der Waals surface area contributed by atoms with Gasteiger partial charge in [0.2, 0.25) is 11.7 Å². The minimum Gasteiger partial charge on any atom is -0.493 e. The number of methoxy groups -OCH3 is 3. The van der Waals surface area contributed by atoms with Crippen LogP contribution in [0, 0.1) is 0 Å². The van der Waals surface area contributed by atoms with E-state index in [-0.39, 0.29) is 18.2 Å². The van der Waals surface area contributed by atoms with Crippen LogP contribution in [0.5, 0.6) is 17.2 Å². The second-order valence-corrected chi connectivity index (χ2v) is 7.23. The molecule has 1 aromatic heterocycles. The molecule has 0 unspecified atom stereocenters. The van der Waals surface area contributed by atoms with Crippen LogP contribution in [0.25, 0.3) is 0 Å². The van der Waals surface area contributed by atoms with Gasteiger partial charge in [0.15, 0.2) is 11.5 Å². The highest BCUT2D eigenvalue weighted by Crippen LogP contribution is 2.40. The van der Waals surface area contributed by atoms with Crippen molar-refractivity contribution in [1.82, 2.24) is 10.6 Å². The Morgan fingerprint density at radius 2 is 1.70 bits per heavy atom. The van der Waals surface area contributed by atoms with Crippen LogP contribution in [0.15, 0.2) is 59.2 Å². The van der Waals surface area contributed by atoms with Crippen LogP contribution in [0.3, 0.4) is 0 Å². The first kappa shape index (κ1) is 23.7. The third-order valence-electron chi connectivity index (χ3n) is 5.09. The maximum Gasteiger partial charge on any atom is 0.251 e. The van der Waals surface area contributed by atoms with E-state index in [0.717, 1.165) is 11.1 Å². The van der Waals surface area contributed by atoms with E-state index in [1.807, 2.05) is 12.1 Å². The molecule has 8 nitrogen and oxygen atoms in total. The number of carbonyl (C=O) groups excluding carboxylic acids is 2. The number of ether oxygens (including phenoxy) is 3. The second kappa shape index (κ2) is 11.6. The highest BCUT2D eigenvalue weighted by molar-refractivity contribution is 5.94. The van der Waals surface area contributed by atoms with Crippen LogP contribution in [0.1, 0.15) is 33.7 Å². The van der Waals surface area contributed by atoms with Gasteiger partial charge in [0.05, 0.1) is 34.1 Å². The highest BCUT2D eigenvalue weighted by Gasteiger charge is 2.16. The lowest BCUT2D eigenvalue weighted by Gasteiger charge is -2.15. The Kier molecular flexibility index (Phi) is 8.35. The second-order valence-electron chi connectivity index (χ2n) is 7.23. The third-order valence-corrected chi connectivity index (χ3v) is 5.09. The smallest absolute Gasteiger partial charge is 0.251 e. The summed E-state index contributed by atoms with van der Waals surface area (Å²) in [7, 11) is 4.66. The first-order valence-electron chi connectivity index (χ1n) is 10.5. The van der Waals surface area contributed by atoms with E-state index in [4.69, 9.17) is 18.6 Å². The van der Waals surface area contributed by atoms with Gasteiger partial charge in [0, 0.05) is 18.5 Å². The van der Waals surface area contributed by atoms with E-state index in [0.29, 0.717) is 48.1 Å². The maximum atomic E-state index is 12.4. The number of rotatable bonds is 11. The molecule has 2 aromatic carbocycles. The lowest BCUT2D eigenvalue weighted by molar-refractivity contribution is -0.121. The van der Waals surface area contributed by atoms with Crippen molar-refractivity contribution in [2.45, 2.75) is 25.9 Å². The van der Waals surface area contributed by atoms with Crippen molar-refractivity contribution in [1.29, 1.82) is 0 Å². The molecule has 0 atom stereocenters. The Hall–Kier alpha value is -3.94. The summed E-state index contributed by atoms with van der Waals surface area (Å²) in [6.45, 7) is 0.633. The summed E-state index contributed by atoms with van der Waals surface area (Å²) in [5.74, 6) is 1.98. The van der Waals surface area contributed by atoms with Gasteiger partial charge in [-0.25, -0.2) is 0 Å². The Morgan fingerprint density at radius 1 is 0.879 bits per heavy atom. The summed E-state index contributed by atoms with van der Waals surface area (Å²) in [6.07, 6.45) is 2.31. The number of hydrogen-bond acceptors (Lipinski definition) is 6. The van der Waals surface area contributed by atoms with Crippen molar-refractivity contribution in [2.24, 2.45) is 0 Å². The zero-order valence-corrected chi connectivity index (χ0v) is 19.0. The monoisotopic (exact) mass is 452 g/mol. The quantitative estimate of drug-likeness (QED) is 0.462. The summed E-state index contributed by atoms with van der Waals surface area (Å²) >= 11 is 0. The first-order chi connectivity index (χ1) is 16.0. The van der Waals surface area contributed by atoms with Gasteiger partial charge in [0.1, 0.15) is 5.76 Å². The minimum atomic E-state index is -0.208. The fourth-order valence-electron chi connectivity index (χ4n) is 3.40. The molecule has 0 bridgehead atoms. The van der Waals surface area contributed by atoms with Gasteiger partial charge in [-0.1, -0.05) is 18.2 Å². The average molecular weight is 453 g/mol. The molecule has 0 aliphatic rings. The fourth-order valence-corrected chi connectivity index (χ4v) is 3.40. The van der Waals surface area contributed by atoms with Gasteiger partial charge in [0.25, 0.3) is 5.91 Å². The standard InChI is InChI=1S/C25H28N2O6/c1-30-21-11-9-18(23(31-2)24(21)32-3)10-12-22(28)26-15-17-6-4-7-19(14-17)25(29)27-16-20-8-5-13-33-20/h4-9,11,13-14H,10,12,15-16H2,1-3H3,(H,26,28)(H,27,29). The molecule has 1 heterocycles. The van der Waals surface area contributed by atoms with Crippen molar-refractivity contribution in [3.05, 3.63) is 77.2 Å². The molecule has 0 spiro atoms. The topological polar surface area (TPSA) is 99.0 Å². The zero-order valence-electron chi connectivity index (χ0n) is 19.0. The number of carbonyl (C=O) groups is 2. The first-order valence-corrected chi connectivity index (χ1v) is 10.5. The molecular formula is C25H28N2O6. The van der Waals surface area contributed by atoms with E-state index >= 15 is 0 Å². The zero-order chi connectivity index (χ0) is 23.6. The van der Waals surface area contributed by atoms with Gasteiger partial charge in [-0.2, -0.15) is 0 Å². The Morgan fingerprint density at radius 3 is 2.39 bits per heavy atom. The summed E-state index contributed by atoms with van der Waals surface area (Å²) < 4.78 is 21.4. The maximum absolute atomic E-state index is 12.4. The van der Waals surface area contributed by atoms with Crippen LogP contribution in [0.2, 0.25) is 0 Å². The van der Waals surface area contributed by atoms with Gasteiger partial charge in [-0.05, 0) is 47.9 Å². The fraction of sp³-hybridized carbons (Fsp3) is 0.280. The summed E-state index contributed by atoms with van der Waals surface area (Å²) in [5.41, 5.74) is 2.20. The van der Waals surface area contributed by atoms with E-state index in [1.165, 1.54) is 0 Å². The summed E-state index contributed by atoms with van der Waals surface area (Å²) in [5, 5.41) is 5.71. The molecule has 0 saturated carbocycles. The molecule has 0 aliphatic carbocycles. The van der Waals surface area contributed by atoms with Crippen molar-refractivity contribution < 1.29 is 28.2 Å². The number of nitrogens with one attached hydrogen (secondary N) is 2. The van der Waals surface area contributed by atoms with Gasteiger partial charge in [-0.15, -0.1) is 0 Å². The molecule has 3 rings (SSSR count). The molecule has 0 saturated heterocycles. The van der Waals surface area contributed by atoms with Crippen LogP contribution < -0.4 is 24.8 Å². The lowest BCUT2D eigenvalue weighted by Crippen LogP contribution is -2.24. The van der Waals surface area contributed by atoms with Crippen molar-refractivity contribution in [3.63, 3.8) is 0 Å². The van der Waals surface area contributed by atoms with Crippen molar-refractivity contribution in [3.8, 4) is 17.2 Å². The number of furan rings is 1. The SMILES string of the molecule is COc1ccc(CCC(=O)NCc2cccc(C(=O)NCc3ccco3)c2)c(OC)c1OC. The number of hydrogen-bond donors (Lipinski definition) is 2. The van der Waals surface area contributed by atoms with Crippen molar-refractivity contribution >= 4 is 11.8 Å². The van der Waals surface area contributed by atoms with Gasteiger partial charge >= 0.3 is 0 Å². The summed E-state index contributed by atoms with van der Waals surface area (Å²) in [4.78, 5) is 24.8. The number of benzene rings is 2. The van der Waals surface area contributed by atoms with Gasteiger partial charge in [-0.3, -0.25) is 9.59 Å². The summed E-state index contributed by atoms with van der Waals surface area (Å²) in [6, 6.07) is 14.4. The molecule has 0 fully saturated rings. The van der Waals surface area contributed by atoms with Crippen LogP contribution in [-0.4, -0.2) is 33.1 Å². The minimum absolute atomic E-state index is 0.112. The third kappa shape index (κ3) is 6.29. The normalized spacial score (nSPS) is 10.4. The molecule has 2 N–H and O–H groups in total. The van der Waals surface area contributed by atoms with E-state index in [9.17, 15) is 9.59 Å². The average Bonchev–Trinajstić information content (AvgIpc) is 3.37. The largest absolute Gasteiger partial charge is 0.493 e. The van der Waals surface area contributed by atoms with Gasteiger partial charge < -0.3 is 29.3 Å². The van der Waals surface area contributed by atoms with Crippen molar-refractivity contribution in [2.75, 3.05) is 21.3 Å². The number of aryl methyl sites for hydroxylation is 1.